The van der Waals surface area contributed by atoms with Crippen LogP contribution in [0.4, 0.5) is 0 Å². The topological polar surface area (TPSA) is 0 Å². The van der Waals surface area contributed by atoms with Gasteiger partial charge in [0.2, 0.25) is 0 Å². The Bertz CT molecular complexity index is 6.00. The van der Waals surface area contributed by atoms with E-state index in [2.05, 4.69) is 13.1 Å². The van der Waals surface area contributed by atoms with Gasteiger partial charge < -0.3 is 0 Å². The summed E-state index contributed by atoms with van der Waals surface area (Å²) in [6.45, 7) is 4.42. The Hall–Kier alpha value is 0.760. The van der Waals surface area contributed by atoms with Crippen LogP contribution in [0.1, 0.15) is 0 Å². The maximum atomic E-state index is 2.21. The summed E-state index contributed by atoms with van der Waals surface area (Å²) < 4.78 is 0. The van der Waals surface area contributed by atoms with E-state index in [9.17, 15) is 0 Å². The molecule has 23 valence electrons. The van der Waals surface area contributed by atoms with E-state index < -0.39 is 0 Å². The van der Waals surface area contributed by atoms with Crippen LogP contribution in [0.2, 0.25) is 13.1 Å². The predicted molar refractivity (Wildman–Crippen MR) is 24.6 cm³/mol. The molecule has 0 aromatic carbocycles. The van der Waals surface area contributed by atoms with Crippen molar-refractivity contribution in [2.24, 2.45) is 0 Å². The van der Waals surface area contributed by atoms with Gasteiger partial charge >= 0.3 is 0 Å². The van der Waals surface area contributed by atoms with Crippen LogP contribution in [-0.4, -0.2) is 27.1 Å². The zero-order chi connectivity index (χ0) is 2.71. The van der Waals surface area contributed by atoms with Crippen molar-refractivity contribution in [2.75, 3.05) is 0 Å². The first-order valence-corrected chi connectivity index (χ1v) is 3.46. The Balaban J connectivity index is 0. The van der Waals surface area contributed by atoms with Crippen LogP contribution in [0.5, 0.6) is 0 Å². The second-order valence-corrected chi connectivity index (χ2v) is 1.73. The molecule has 0 atom stereocenters. The summed E-state index contributed by atoms with van der Waals surface area (Å²) in [4.78, 5) is 0. The number of hydrogen-bond acceptors (Lipinski definition) is 0. The minimum Gasteiger partial charge on any atom is -0.0743 e. The van der Waals surface area contributed by atoms with Crippen LogP contribution in [-0.2, 0) is 0 Å². The van der Waals surface area contributed by atoms with Crippen LogP contribution in [0, 0.1) is 0 Å². The SMILES string of the molecule is C[SiH]C.[Ge]. The van der Waals surface area contributed by atoms with Crippen molar-refractivity contribution in [1.82, 2.24) is 0 Å². The summed E-state index contributed by atoms with van der Waals surface area (Å²) >= 11 is 0. The predicted octanol–water partition coefficient (Wildman–Crippen LogP) is 0.138. The van der Waals surface area contributed by atoms with Crippen molar-refractivity contribution in [3.63, 3.8) is 0 Å². The third-order valence-corrected chi connectivity index (χ3v) is 0. The Morgan fingerprint density at radius 2 is 1.25 bits per heavy atom. The molecule has 0 saturated carbocycles. The minimum atomic E-state index is 0. The molecule has 0 rings (SSSR count). The molecular weight excluding hydrogens is 125 g/mol. The van der Waals surface area contributed by atoms with E-state index in [0.29, 0.717) is 0 Å². The van der Waals surface area contributed by atoms with E-state index in [1.165, 1.54) is 0 Å². The fourth-order valence-corrected chi connectivity index (χ4v) is 0. The van der Waals surface area contributed by atoms with Gasteiger partial charge in [-0.2, -0.15) is 0 Å². The van der Waals surface area contributed by atoms with Crippen molar-refractivity contribution >= 4 is 27.1 Å². The van der Waals surface area contributed by atoms with Gasteiger partial charge in [0.1, 0.15) is 0 Å². The van der Waals surface area contributed by atoms with Crippen molar-refractivity contribution < 1.29 is 0 Å². The summed E-state index contributed by atoms with van der Waals surface area (Å²) in [6, 6.07) is 0. The first-order valence-electron chi connectivity index (χ1n) is 1.15. The molecule has 4 heavy (non-hydrogen) atoms. The van der Waals surface area contributed by atoms with Gasteiger partial charge in [0.25, 0.3) is 0 Å². The maximum absolute atomic E-state index is 2.21. The summed E-state index contributed by atoms with van der Waals surface area (Å²) in [5, 5.41) is 0. The average Bonchev–Trinajstić information content (AvgIpc) is 0.918. The van der Waals surface area contributed by atoms with Gasteiger partial charge in [0.05, 0.1) is 0 Å². The molecule has 0 fully saturated rings. The zero-order valence-corrected chi connectivity index (χ0v) is 6.33. The summed E-state index contributed by atoms with van der Waals surface area (Å²) in [6.07, 6.45) is 0. The molecule has 0 aromatic rings. The van der Waals surface area contributed by atoms with Crippen LogP contribution in [0.15, 0.2) is 0 Å². The normalized spacial score (nSPS) is 4.50. The van der Waals surface area contributed by atoms with Crippen molar-refractivity contribution in [3.8, 4) is 0 Å². The Labute approximate surface area is 40.8 Å². The zero-order valence-electron chi connectivity index (χ0n) is 3.08. The van der Waals surface area contributed by atoms with E-state index in [0.717, 1.165) is 9.52 Å². The first-order chi connectivity index (χ1) is 1.41. The molecule has 0 saturated heterocycles. The Morgan fingerprint density at radius 3 is 1.25 bits per heavy atom. The molecule has 0 aliphatic carbocycles. The molecule has 0 unspecified atom stereocenters. The minimum absolute atomic E-state index is 0. The molecular formula is C2H7GeSi. The fraction of sp³-hybridized carbons (Fsp3) is 1.00. The Morgan fingerprint density at radius 1 is 1.25 bits per heavy atom. The maximum Gasteiger partial charge on any atom is 0.0213 e. The average molecular weight is 132 g/mol. The van der Waals surface area contributed by atoms with E-state index in [1.54, 1.807) is 0 Å². The van der Waals surface area contributed by atoms with Gasteiger partial charge in [0, 0.05) is 27.1 Å². The second-order valence-electron chi connectivity index (χ2n) is 0.577. The standard InChI is InChI=1S/C2H7Si.Ge/c1-3-2;/h3H,1-2H3;. The van der Waals surface area contributed by atoms with Gasteiger partial charge in [-0.15, -0.1) is 0 Å². The van der Waals surface area contributed by atoms with E-state index in [4.69, 9.17) is 0 Å². The molecule has 0 aliphatic rings. The van der Waals surface area contributed by atoms with E-state index >= 15 is 0 Å². The molecule has 0 aliphatic heterocycles. The van der Waals surface area contributed by atoms with Gasteiger partial charge in [-0.05, 0) is 0 Å². The van der Waals surface area contributed by atoms with Gasteiger partial charge in [-0.3, -0.25) is 0 Å². The quantitative estimate of drug-likeness (QED) is 0.411. The van der Waals surface area contributed by atoms with Crippen molar-refractivity contribution in [3.05, 3.63) is 0 Å². The molecule has 0 heterocycles. The molecule has 5 radical (unpaired) electrons. The fourth-order valence-electron chi connectivity index (χ4n) is 0. The van der Waals surface area contributed by atoms with Crippen LogP contribution < -0.4 is 0 Å². The van der Waals surface area contributed by atoms with Gasteiger partial charge in [-0.1, -0.05) is 13.1 Å². The van der Waals surface area contributed by atoms with Gasteiger partial charge in [-0.25, -0.2) is 0 Å². The number of hydrogen-bond donors (Lipinski definition) is 0. The van der Waals surface area contributed by atoms with Crippen molar-refractivity contribution in [1.29, 1.82) is 0 Å². The monoisotopic (exact) mass is 133 g/mol. The van der Waals surface area contributed by atoms with Crippen LogP contribution in [0.3, 0.4) is 0 Å². The molecule has 2 heteroatoms. The van der Waals surface area contributed by atoms with Crippen LogP contribution in [0.25, 0.3) is 0 Å². The Kier molecular flexibility index (Phi) is 20.4. The first kappa shape index (κ1) is 8.83. The third-order valence-electron chi connectivity index (χ3n) is 0. The molecule has 0 nitrogen and oxygen atoms in total. The van der Waals surface area contributed by atoms with E-state index in [-0.39, 0.29) is 17.6 Å². The van der Waals surface area contributed by atoms with Crippen molar-refractivity contribution in [2.45, 2.75) is 13.1 Å². The third kappa shape index (κ3) is 14.8. The second kappa shape index (κ2) is 9.25. The summed E-state index contributed by atoms with van der Waals surface area (Å²) in [5.41, 5.74) is 0. The summed E-state index contributed by atoms with van der Waals surface area (Å²) in [5.74, 6) is 0. The molecule has 0 amide bonds. The van der Waals surface area contributed by atoms with E-state index in [1.807, 2.05) is 0 Å². The molecule has 0 bridgehead atoms. The summed E-state index contributed by atoms with van der Waals surface area (Å²) in [7, 11) is 0.750. The largest absolute Gasteiger partial charge is 0.0743 e. The molecule has 0 spiro atoms. The number of rotatable bonds is 0. The molecule has 0 N–H and O–H groups in total. The smallest absolute Gasteiger partial charge is 0.0213 e. The molecule has 0 aromatic heterocycles. The van der Waals surface area contributed by atoms with Crippen LogP contribution >= 0.6 is 0 Å². The van der Waals surface area contributed by atoms with Gasteiger partial charge in [0.15, 0.2) is 0 Å².